The van der Waals surface area contributed by atoms with E-state index in [9.17, 15) is 18.0 Å². The molecule has 0 unspecified atom stereocenters. The molecular formula is C23H29N3O5S. The highest BCUT2D eigenvalue weighted by Gasteiger charge is 2.34. The van der Waals surface area contributed by atoms with Gasteiger partial charge in [-0.15, -0.1) is 0 Å². The van der Waals surface area contributed by atoms with Crippen molar-refractivity contribution in [3.63, 3.8) is 0 Å². The molecule has 0 aromatic heterocycles. The van der Waals surface area contributed by atoms with Gasteiger partial charge >= 0.3 is 6.09 Å². The SMILES string of the molecule is CC(=O)N1c2ccc(-c3ccc(N(C)S(C)(=O)=O)cc3)cc2N(C(=O)OC(C)C)C[C@@H]1C. The second-order valence-electron chi connectivity index (χ2n) is 8.26. The van der Waals surface area contributed by atoms with Crippen LogP contribution in [0.1, 0.15) is 27.7 Å². The van der Waals surface area contributed by atoms with Gasteiger partial charge in [-0.2, -0.15) is 0 Å². The van der Waals surface area contributed by atoms with E-state index in [-0.39, 0.29) is 18.1 Å². The molecule has 1 aliphatic heterocycles. The lowest BCUT2D eigenvalue weighted by Crippen LogP contribution is -2.51. The van der Waals surface area contributed by atoms with E-state index < -0.39 is 16.1 Å². The van der Waals surface area contributed by atoms with Gasteiger partial charge in [-0.05, 0) is 56.2 Å². The van der Waals surface area contributed by atoms with Gasteiger partial charge in [0.05, 0.1) is 35.5 Å². The van der Waals surface area contributed by atoms with Crippen molar-refractivity contribution >= 4 is 39.1 Å². The van der Waals surface area contributed by atoms with Crippen LogP contribution in [0.2, 0.25) is 0 Å². The Morgan fingerprint density at radius 2 is 1.66 bits per heavy atom. The predicted octanol–water partition coefficient (Wildman–Crippen LogP) is 3.86. The third-order valence-corrected chi connectivity index (χ3v) is 6.58. The Labute approximate surface area is 189 Å². The molecule has 2 amide bonds. The molecule has 1 aliphatic rings. The first-order chi connectivity index (χ1) is 14.9. The van der Waals surface area contributed by atoms with Gasteiger partial charge < -0.3 is 9.64 Å². The number of hydrogen-bond donors (Lipinski definition) is 0. The van der Waals surface area contributed by atoms with Gasteiger partial charge in [0, 0.05) is 20.5 Å². The van der Waals surface area contributed by atoms with Crippen molar-refractivity contribution in [2.24, 2.45) is 0 Å². The van der Waals surface area contributed by atoms with Crippen molar-refractivity contribution < 1.29 is 22.7 Å². The van der Waals surface area contributed by atoms with E-state index in [0.717, 1.165) is 17.4 Å². The normalized spacial score (nSPS) is 16.0. The van der Waals surface area contributed by atoms with Crippen LogP contribution in [0.3, 0.4) is 0 Å². The summed E-state index contributed by atoms with van der Waals surface area (Å²) in [6, 6.07) is 12.5. The molecule has 0 saturated carbocycles. The maximum atomic E-state index is 12.8. The molecule has 2 aromatic carbocycles. The summed E-state index contributed by atoms with van der Waals surface area (Å²) in [5, 5.41) is 0. The van der Waals surface area contributed by atoms with Crippen molar-refractivity contribution in [1.29, 1.82) is 0 Å². The molecule has 0 spiro atoms. The number of fused-ring (bicyclic) bond motifs is 1. The Kier molecular flexibility index (Phi) is 6.50. The number of sulfonamides is 1. The van der Waals surface area contributed by atoms with Crippen LogP contribution in [0.15, 0.2) is 42.5 Å². The van der Waals surface area contributed by atoms with Gasteiger partial charge in [0.25, 0.3) is 0 Å². The fraction of sp³-hybridized carbons (Fsp3) is 0.391. The molecule has 8 nitrogen and oxygen atoms in total. The molecule has 0 aliphatic carbocycles. The summed E-state index contributed by atoms with van der Waals surface area (Å²) in [7, 11) is -1.86. The molecule has 1 heterocycles. The van der Waals surface area contributed by atoms with Gasteiger partial charge in [-0.1, -0.05) is 18.2 Å². The number of nitrogens with zero attached hydrogens (tertiary/aromatic N) is 3. The number of anilines is 3. The Balaban J connectivity index is 2.04. The number of hydrogen-bond acceptors (Lipinski definition) is 5. The molecule has 0 fully saturated rings. The third-order valence-electron chi connectivity index (χ3n) is 5.37. The molecule has 172 valence electrons. The first kappa shape index (κ1) is 23.6. The lowest BCUT2D eigenvalue weighted by atomic mass is 10.0. The number of benzene rings is 2. The zero-order valence-corrected chi connectivity index (χ0v) is 20.0. The zero-order valence-electron chi connectivity index (χ0n) is 19.2. The smallest absolute Gasteiger partial charge is 0.414 e. The minimum absolute atomic E-state index is 0.100. The topological polar surface area (TPSA) is 87.2 Å². The van der Waals surface area contributed by atoms with Crippen molar-refractivity contribution in [3.05, 3.63) is 42.5 Å². The average Bonchev–Trinajstić information content (AvgIpc) is 2.70. The highest BCUT2D eigenvalue weighted by Crippen LogP contribution is 2.39. The van der Waals surface area contributed by atoms with Gasteiger partial charge in [0.1, 0.15) is 0 Å². The van der Waals surface area contributed by atoms with E-state index in [1.807, 2.05) is 37.3 Å². The molecule has 32 heavy (non-hydrogen) atoms. The Morgan fingerprint density at radius 3 is 2.19 bits per heavy atom. The molecule has 0 N–H and O–H groups in total. The predicted molar refractivity (Wildman–Crippen MR) is 127 cm³/mol. The number of carbonyl (C=O) groups excluding carboxylic acids is 2. The maximum Gasteiger partial charge on any atom is 0.414 e. The molecule has 0 saturated heterocycles. The van der Waals surface area contributed by atoms with Crippen LogP contribution < -0.4 is 14.1 Å². The van der Waals surface area contributed by atoms with E-state index in [1.54, 1.807) is 35.8 Å². The fourth-order valence-electron chi connectivity index (χ4n) is 3.78. The molecule has 9 heteroatoms. The van der Waals surface area contributed by atoms with Gasteiger partial charge in [-0.25, -0.2) is 13.2 Å². The van der Waals surface area contributed by atoms with Crippen LogP contribution in [0.25, 0.3) is 11.1 Å². The summed E-state index contributed by atoms with van der Waals surface area (Å²) in [5.74, 6) is -0.100. The number of carbonyl (C=O) groups is 2. The van der Waals surface area contributed by atoms with E-state index in [4.69, 9.17) is 4.74 Å². The summed E-state index contributed by atoms with van der Waals surface area (Å²) < 4.78 is 30.2. The van der Waals surface area contributed by atoms with Crippen LogP contribution in [0, 0.1) is 0 Å². The summed E-state index contributed by atoms with van der Waals surface area (Å²) in [6.07, 6.45) is 0.421. The molecular weight excluding hydrogens is 430 g/mol. The van der Waals surface area contributed by atoms with Gasteiger partial charge in [0.2, 0.25) is 15.9 Å². The number of rotatable bonds is 4. The highest BCUT2D eigenvalue weighted by molar-refractivity contribution is 7.92. The quantitative estimate of drug-likeness (QED) is 0.693. The second-order valence-corrected chi connectivity index (χ2v) is 10.3. The molecule has 1 atom stereocenters. The summed E-state index contributed by atoms with van der Waals surface area (Å²) >= 11 is 0. The Hall–Kier alpha value is -3.07. The van der Waals surface area contributed by atoms with Crippen LogP contribution >= 0.6 is 0 Å². The standard InChI is InChI=1S/C23H29N3O5S/c1-15(2)31-23(28)25-14-16(3)26(17(4)27)21-12-9-19(13-22(21)25)18-7-10-20(11-8-18)24(5)32(6,29)30/h7-13,15-16H,14H2,1-6H3/t16-/m0/s1. The third kappa shape index (κ3) is 4.72. The number of amides is 2. The van der Waals surface area contributed by atoms with Crippen molar-refractivity contribution in [2.75, 3.05) is 34.0 Å². The highest BCUT2D eigenvalue weighted by atomic mass is 32.2. The van der Waals surface area contributed by atoms with Crippen molar-refractivity contribution in [3.8, 4) is 11.1 Å². The van der Waals surface area contributed by atoms with E-state index in [2.05, 4.69) is 0 Å². The van der Waals surface area contributed by atoms with Gasteiger partial charge in [-0.3, -0.25) is 14.0 Å². The molecule has 3 rings (SSSR count). The monoisotopic (exact) mass is 459 g/mol. The average molecular weight is 460 g/mol. The van der Waals surface area contributed by atoms with Crippen LogP contribution in [-0.2, 0) is 19.6 Å². The van der Waals surface area contributed by atoms with Crippen LogP contribution in [-0.4, -0.2) is 52.4 Å². The summed E-state index contributed by atoms with van der Waals surface area (Å²) in [6.45, 7) is 7.30. The summed E-state index contributed by atoms with van der Waals surface area (Å²) in [4.78, 5) is 28.3. The van der Waals surface area contributed by atoms with E-state index in [0.29, 0.717) is 23.6 Å². The molecule has 2 aromatic rings. The van der Waals surface area contributed by atoms with Crippen molar-refractivity contribution in [2.45, 2.75) is 39.8 Å². The zero-order chi connectivity index (χ0) is 23.8. The minimum atomic E-state index is -3.35. The molecule has 0 bridgehead atoms. The molecule has 0 radical (unpaired) electrons. The summed E-state index contributed by atoms with van der Waals surface area (Å²) in [5.41, 5.74) is 3.47. The maximum absolute atomic E-state index is 12.8. The Morgan fingerprint density at radius 1 is 1.06 bits per heavy atom. The van der Waals surface area contributed by atoms with Crippen LogP contribution in [0.5, 0.6) is 0 Å². The second kappa shape index (κ2) is 8.82. The lowest BCUT2D eigenvalue weighted by molar-refractivity contribution is -0.117. The fourth-order valence-corrected chi connectivity index (χ4v) is 4.28. The first-order valence-corrected chi connectivity index (χ1v) is 12.2. The van der Waals surface area contributed by atoms with Crippen molar-refractivity contribution in [1.82, 2.24) is 0 Å². The van der Waals surface area contributed by atoms with E-state index >= 15 is 0 Å². The Bertz CT molecular complexity index is 1130. The first-order valence-electron chi connectivity index (χ1n) is 10.4. The lowest BCUT2D eigenvalue weighted by Gasteiger charge is -2.40. The number of ether oxygens (including phenoxy) is 1. The van der Waals surface area contributed by atoms with E-state index in [1.165, 1.54) is 18.3 Å². The largest absolute Gasteiger partial charge is 0.446 e. The van der Waals surface area contributed by atoms with Crippen LogP contribution in [0.4, 0.5) is 21.9 Å². The van der Waals surface area contributed by atoms with Gasteiger partial charge in [0.15, 0.2) is 0 Å². The minimum Gasteiger partial charge on any atom is -0.446 e.